The second-order valence-electron chi connectivity index (χ2n) is 6.44. The lowest BCUT2D eigenvalue weighted by molar-refractivity contribution is 0.156. The van der Waals surface area contributed by atoms with Crippen LogP contribution in [0.25, 0.3) is 10.8 Å². The van der Waals surface area contributed by atoms with Crippen LogP contribution in [0.2, 0.25) is 0 Å². The summed E-state index contributed by atoms with van der Waals surface area (Å²) in [7, 11) is 0. The predicted molar refractivity (Wildman–Crippen MR) is 88.8 cm³/mol. The summed E-state index contributed by atoms with van der Waals surface area (Å²) in [5.74, 6) is 1.63. The van der Waals surface area contributed by atoms with Crippen LogP contribution in [0.5, 0.6) is 0 Å². The molecule has 4 nitrogen and oxygen atoms in total. The molecule has 1 N–H and O–H groups in total. The van der Waals surface area contributed by atoms with Crippen LogP contribution in [0.1, 0.15) is 31.4 Å². The van der Waals surface area contributed by atoms with Crippen LogP contribution in [0.3, 0.4) is 0 Å². The van der Waals surface area contributed by atoms with Crippen LogP contribution in [-0.4, -0.2) is 35.6 Å². The van der Waals surface area contributed by atoms with E-state index in [1.165, 1.54) is 45.3 Å². The highest BCUT2D eigenvalue weighted by molar-refractivity contribution is 7.13. The molecule has 2 fully saturated rings. The number of thiophene rings is 1. The van der Waals surface area contributed by atoms with Crippen LogP contribution in [0.4, 0.5) is 0 Å². The van der Waals surface area contributed by atoms with Gasteiger partial charge in [-0.2, -0.15) is 0 Å². The van der Waals surface area contributed by atoms with Crippen molar-refractivity contribution in [3.05, 3.63) is 29.5 Å². The number of nitrogens with one attached hydrogen (secondary N) is 1. The maximum absolute atomic E-state index is 5.62. The van der Waals surface area contributed by atoms with Crippen LogP contribution >= 0.6 is 11.3 Å². The number of aromatic nitrogens is 1. The molecule has 118 valence electrons. The van der Waals surface area contributed by atoms with Crippen LogP contribution in [0, 0.1) is 5.92 Å². The molecule has 0 amide bonds. The van der Waals surface area contributed by atoms with Gasteiger partial charge in [0.15, 0.2) is 0 Å². The first-order chi connectivity index (χ1) is 10.9. The average Bonchev–Trinajstić information content (AvgIpc) is 3.30. The van der Waals surface area contributed by atoms with Gasteiger partial charge in [0, 0.05) is 12.6 Å². The van der Waals surface area contributed by atoms with Gasteiger partial charge in [-0.3, -0.25) is 4.90 Å². The van der Waals surface area contributed by atoms with E-state index in [1.807, 2.05) is 12.3 Å². The molecule has 0 spiro atoms. The van der Waals surface area contributed by atoms with Gasteiger partial charge in [-0.15, -0.1) is 11.3 Å². The molecule has 0 radical (unpaired) electrons. The molecule has 2 aliphatic heterocycles. The van der Waals surface area contributed by atoms with Gasteiger partial charge in [-0.1, -0.05) is 6.07 Å². The standard InChI is InChI=1S/C17H23N3OS/c1-3-15(18-7-1)13-5-8-20(9-6-13)11-14-12-21-17(19-14)16-4-2-10-22-16/h2,4,10,12-13,15,18H,1,3,5-9,11H2. The summed E-state index contributed by atoms with van der Waals surface area (Å²) >= 11 is 1.67. The Morgan fingerprint density at radius 2 is 2.23 bits per heavy atom. The molecule has 4 rings (SSSR count). The second kappa shape index (κ2) is 6.52. The fourth-order valence-corrected chi connectivity index (χ4v) is 4.40. The van der Waals surface area contributed by atoms with E-state index >= 15 is 0 Å². The van der Waals surface area contributed by atoms with Crippen molar-refractivity contribution in [2.45, 2.75) is 38.3 Å². The zero-order chi connectivity index (χ0) is 14.8. The molecule has 0 aliphatic carbocycles. The van der Waals surface area contributed by atoms with Crippen molar-refractivity contribution in [1.82, 2.24) is 15.2 Å². The average molecular weight is 317 g/mol. The number of oxazole rings is 1. The predicted octanol–water partition coefficient (Wildman–Crippen LogP) is 3.37. The van der Waals surface area contributed by atoms with E-state index in [-0.39, 0.29) is 0 Å². The van der Waals surface area contributed by atoms with Gasteiger partial charge in [0.05, 0.1) is 10.6 Å². The molecule has 1 unspecified atom stereocenters. The summed E-state index contributed by atoms with van der Waals surface area (Å²) in [6.07, 6.45) is 7.17. The topological polar surface area (TPSA) is 41.3 Å². The lowest BCUT2D eigenvalue weighted by Gasteiger charge is -2.34. The maximum atomic E-state index is 5.62. The monoisotopic (exact) mass is 317 g/mol. The van der Waals surface area contributed by atoms with Crippen molar-refractivity contribution in [3.63, 3.8) is 0 Å². The first-order valence-corrected chi connectivity index (χ1v) is 9.20. The van der Waals surface area contributed by atoms with E-state index < -0.39 is 0 Å². The highest BCUT2D eigenvalue weighted by Gasteiger charge is 2.28. The Kier molecular flexibility index (Phi) is 4.28. The molecule has 0 bridgehead atoms. The van der Waals surface area contributed by atoms with E-state index in [4.69, 9.17) is 4.42 Å². The molecule has 1 atom stereocenters. The second-order valence-corrected chi connectivity index (χ2v) is 7.39. The molecule has 2 aromatic heterocycles. The molecule has 2 aromatic rings. The molecule has 22 heavy (non-hydrogen) atoms. The van der Waals surface area contributed by atoms with E-state index in [0.29, 0.717) is 0 Å². The molecular weight excluding hydrogens is 294 g/mol. The number of rotatable bonds is 4. The third-order valence-corrected chi connectivity index (χ3v) is 5.83. The van der Waals surface area contributed by atoms with Crippen molar-refractivity contribution in [3.8, 4) is 10.8 Å². The van der Waals surface area contributed by atoms with Gasteiger partial charge in [0.1, 0.15) is 6.26 Å². The van der Waals surface area contributed by atoms with E-state index in [2.05, 4.69) is 26.6 Å². The van der Waals surface area contributed by atoms with Gasteiger partial charge in [-0.25, -0.2) is 4.98 Å². The largest absolute Gasteiger partial charge is 0.444 e. The minimum atomic E-state index is 0.759. The van der Waals surface area contributed by atoms with E-state index in [0.717, 1.165) is 35.0 Å². The Morgan fingerprint density at radius 3 is 2.95 bits per heavy atom. The first kappa shape index (κ1) is 14.4. The van der Waals surface area contributed by atoms with Crippen molar-refractivity contribution >= 4 is 11.3 Å². The Morgan fingerprint density at radius 1 is 1.32 bits per heavy atom. The summed E-state index contributed by atoms with van der Waals surface area (Å²) in [4.78, 5) is 8.26. The summed E-state index contributed by atoms with van der Waals surface area (Å²) in [5.41, 5.74) is 1.06. The first-order valence-electron chi connectivity index (χ1n) is 8.32. The third-order valence-electron chi connectivity index (χ3n) is 4.97. The van der Waals surface area contributed by atoms with Gasteiger partial charge in [0.25, 0.3) is 0 Å². The lowest BCUT2D eigenvalue weighted by Crippen LogP contribution is -2.40. The summed E-state index contributed by atoms with van der Waals surface area (Å²) < 4.78 is 5.62. The molecule has 0 aromatic carbocycles. The van der Waals surface area contributed by atoms with E-state index in [9.17, 15) is 0 Å². The highest BCUT2D eigenvalue weighted by Crippen LogP contribution is 2.27. The molecule has 0 saturated carbocycles. The molecular formula is C17H23N3OS. The van der Waals surface area contributed by atoms with Gasteiger partial charge in [0.2, 0.25) is 5.89 Å². The lowest BCUT2D eigenvalue weighted by atomic mass is 9.88. The minimum Gasteiger partial charge on any atom is -0.444 e. The van der Waals surface area contributed by atoms with Crippen molar-refractivity contribution in [2.75, 3.05) is 19.6 Å². The number of hydrogen-bond donors (Lipinski definition) is 1. The minimum absolute atomic E-state index is 0.759. The van der Waals surface area contributed by atoms with Gasteiger partial charge < -0.3 is 9.73 Å². The number of nitrogens with zero attached hydrogens (tertiary/aromatic N) is 2. The van der Waals surface area contributed by atoms with Crippen LogP contribution in [-0.2, 0) is 6.54 Å². The third kappa shape index (κ3) is 3.12. The smallest absolute Gasteiger partial charge is 0.236 e. The van der Waals surface area contributed by atoms with Gasteiger partial charge >= 0.3 is 0 Å². The summed E-state index contributed by atoms with van der Waals surface area (Å²) in [6.45, 7) is 4.50. The maximum Gasteiger partial charge on any atom is 0.236 e. The van der Waals surface area contributed by atoms with Gasteiger partial charge in [-0.05, 0) is 62.7 Å². The fraction of sp³-hybridized carbons (Fsp3) is 0.588. The molecule has 2 aliphatic rings. The molecule has 2 saturated heterocycles. The van der Waals surface area contributed by atoms with Crippen molar-refractivity contribution < 1.29 is 4.42 Å². The summed E-state index contributed by atoms with van der Waals surface area (Å²) in [5, 5.41) is 5.72. The Bertz CT molecular complexity index is 581. The van der Waals surface area contributed by atoms with Crippen molar-refractivity contribution in [1.29, 1.82) is 0 Å². The zero-order valence-corrected chi connectivity index (χ0v) is 13.6. The SMILES string of the molecule is c1csc(-c2nc(CN3CCC(C4CCCN4)CC3)co2)c1. The Balaban J connectivity index is 1.31. The Hall–Kier alpha value is -1.17. The van der Waals surface area contributed by atoms with Crippen LogP contribution in [0.15, 0.2) is 28.2 Å². The van der Waals surface area contributed by atoms with Crippen LogP contribution < -0.4 is 5.32 Å². The normalized spacial score (nSPS) is 24.1. The van der Waals surface area contributed by atoms with E-state index in [1.54, 1.807) is 11.3 Å². The Labute approximate surface area is 135 Å². The fourth-order valence-electron chi connectivity index (χ4n) is 3.75. The van der Waals surface area contributed by atoms with Crippen molar-refractivity contribution in [2.24, 2.45) is 5.92 Å². The number of piperidine rings is 1. The number of likely N-dealkylation sites (tertiary alicyclic amines) is 1. The molecule has 4 heterocycles. The summed E-state index contributed by atoms with van der Waals surface area (Å²) in [6, 6.07) is 4.87. The quantitative estimate of drug-likeness (QED) is 0.939. The zero-order valence-electron chi connectivity index (χ0n) is 12.8. The highest BCUT2D eigenvalue weighted by atomic mass is 32.1. The number of hydrogen-bond acceptors (Lipinski definition) is 5. The molecule has 5 heteroatoms.